The zero-order valence-electron chi connectivity index (χ0n) is 9.18. The average molecular weight is 281 g/mol. The molecule has 0 aromatic heterocycles. The standard InChI is InChI=1S/C10H14ClO3PS/c1-3-13-15(12,14-4-2)16-10-7-5-9(11)6-8-10/h5-8H,3-4H2,1-2H3. The smallest absolute Gasteiger partial charge is 0.301 e. The Hall–Kier alpha value is 0.01000. The lowest BCUT2D eigenvalue weighted by molar-refractivity contribution is 0.237. The quantitative estimate of drug-likeness (QED) is 0.713. The molecule has 16 heavy (non-hydrogen) atoms. The molecule has 0 atom stereocenters. The van der Waals surface area contributed by atoms with Crippen LogP contribution in [-0.2, 0) is 13.6 Å². The molecule has 0 aliphatic rings. The molecular weight excluding hydrogens is 267 g/mol. The first kappa shape index (κ1) is 14.1. The third-order valence-corrected chi connectivity index (χ3v) is 5.65. The first-order valence-electron chi connectivity index (χ1n) is 4.94. The lowest BCUT2D eigenvalue weighted by Gasteiger charge is -2.15. The van der Waals surface area contributed by atoms with Crippen molar-refractivity contribution in [3.63, 3.8) is 0 Å². The molecule has 3 nitrogen and oxygen atoms in total. The van der Waals surface area contributed by atoms with Crippen molar-refractivity contribution in [3.8, 4) is 0 Å². The summed E-state index contributed by atoms with van der Waals surface area (Å²) in [6.07, 6.45) is 0. The maximum absolute atomic E-state index is 12.2. The lowest BCUT2D eigenvalue weighted by Crippen LogP contribution is -1.92. The monoisotopic (exact) mass is 280 g/mol. The topological polar surface area (TPSA) is 35.5 Å². The fraction of sp³-hybridized carbons (Fsp3) is 0.400. The van der Waals surface area contributed by atoms with Crippen molar-refractivity contribution in [2.75, 3.05) is 13.2 Å². The summed E-state index contributed by atoms with van der Waals surface area (Å²) < 4.78 is 22.5. The van der Waals surface area contributed by atoms with Gasteiger partial charge < -0.3 is 9.05 Å². The van der Waals surface area contributed by atoms with Crippen LogP contribution in [0.1, 0.15) is 13.8 Å². The highest BCUT2D eigenvalue weighted by Crippen LogP contribution is 2.63. The van der Waals surface area contributed by atoms with Crippen LogP contribution in [0.25, 0.3) is 0 Å². The van der Waals surface area contributed by atoms with Crippen LogP contribution >= 0.6 is 29.8 Å². The third kappa shape index (κ3) is 4.48. The molecule has 0 spiro atoms. The fourth-order valence-corrected chi connectivity index (χ4v) is 4.57. The van der Waals surface area contributed by atoms with Gasteiger partial charge in [0.1, 0.15) is 0 Å². The molecule has 0 saturated carbocycles. The molecule has 6 heteroatoms. The Bertz CT molecular complexity index is 359. The molecule has 0 heterocycles. The molecule has 90 valence electrons. The van der Waals surface area contributed by atoms with E-state index >= 15 is 0 Å². The van der Waals surface area contributed by atoms with Crippen LogP contribution in [0, 0.1) is 0 Å². The Labute approximate surface area is 105 Å². The summed E-state index contributed by atoms with van der Waals surface area (Å²) >= 11 is 6.87. The highest BCUT2D eigenvalue weighted by atomic mass is 35.5. The van der Waals surface area contributed by atoms with Crippen molar-refractivity contribution < 1.29 is 13.6 Å². The molecule has 0 radical (unpaired) electrons. The molecule has 0 fully saturated rings. The zero-order valence-corrected chi connectivity index (χ0v) is 11.6. The van der Waals surface area contributed by atoms with Crippen LogP contribution in [0.3, 0.4) is 0 Å². The molecule has 1 rings (SSSR count). The van der Waals surface area contributed by atoms with Crippen LogP contribution in [0.5, 0.6) is 0 Å². The van der Waals surface area contributed by atoms with Crippen molar-refractivity contribution in [2.24, 2.45) is 0 Å². The Balaban J connectivity index is 2.75. The van der Waals surface area contributed by atoms with E-state index in [1.165, 1.54) is 0 Å². The van der Waals surface area contributed by atoms with Crippen LogP contribution in [0.2, 0.25) is 5.02 Å². The first-order valence-corrected chi connectivity index (χ1v) is 8.28. The van der Waals surface area contributed by atoms with E-state index in [4.69, 9.17) is 20.6 Å². The zero-order chi connectivity index (χ0) is 12.0. The van der Waals surface area contributed by atoms with Crippen LogP contribution in [-0.4, -0.2) is 13.2 Å². The predicted octanol–water partition coefficient (Wildman–Crippen LogP) is 4.61. The summed E-state index contributed by atoms with van der Waals surface area (Å²) in [6.45, 7) is 1.21. The fourth-order valence-electron chi connectivity index (χ4n) is 1.03. The molecule has 0 N–H and O–H groups in total. The van der Waals surface area contributed by atoms with Gasteiger partial charge in [0.05, 0.1) is 13.2 Å². The largest absolute Gasteiger partial charge is 0.393 e. The minimum absolute atomic E-state index is 0.359. The van der Waals surface area contributed by atoms with Gasteiger partial charge in [0.15, 0.2) is 0 Å². The number of rotatable bonds is 6. The second-order valence-corrected chi connectivity index (χ2v) is 7.22. The molecule has 1 aromatic rings. The van der Waals surface area contributed by atoms with E-state index in [0.717, 1.165) is 16.3 Å². The molecular formula is C10H14ClO3PS. The summed E-state index contributed by atoms with van der Waals surface area (Å²) in [5, 5.41) is 0.645. The molecule has 0 saturated heterocycles. The van der Waals surface area contributed by atoms with Gasteiger partial charge in [0.2, 0.25) is 0 Å². The number of hydrogen-bond donors (Lipinski definition) is 0. The summed E-state index contributed by atoms with van der Waals surface area (Å²) in [5.74, 6) is 0. The second kappa shape index (κ2) is 6.67. The number of hydrogen-bond acceptors (Lipinski definition) is 4. The average Bonchev–Trinajstić information content (AvgIpc) is 2.22. The van der Waals surface area contributed by atoms with E-state index in [9.17, 15) is 4.57 Å². The molecule has 0 aliphatic heterocycles. The lowest BCUT2D eigenvalue weighted by atomic mass is 10.4. The van der Waals surface area contributed by atoms with Crippen molar-refractivity contribution in [3.05, 3.63) is 29.3 Å². The number of benzene rings is 1. The van der Waals surface area contributed by atoms with E-state index in [1.807, 2.05) is 0 Å². The van der Waals surface area contributed by atoms with Gasteiger partial charge in [-0.2, -0.15) is 0 Å². The Kier molecular flexibility index (Phi) is 5.87. The van der Waals surface area contributed by atoms with Gasteiger partial charge in [-0.05, 0) is 49.5 Å². The van der Waals surface area contributed by atoms with Gasteiger partial charge in [-0.1, -0.05) is 11.6 Å². The van der Waals surface area contributed by atoms with Gasteiger partial charge in [0.25, 0.3) is 0 Å². The summed E-state index contributed by atoms with van der Waals surface area (Å²) in [7, 11) is 0. The summed E-state index contributed by atoms with van der Waals surface area (Å²) in [4.78, 5) is 0.814. The highest BCUT2D eigenvalue weighted by molar-refractivity contribution is 8.55. The van der Waals surface area contributed by atoms with Gasteiger partial charge in [0, 0.05) is 9.92 Å². The van der Waals surface area contributed by atoms with Crippen LogP contribution < -0.4 is 0 Å². The van der Waals surface area contributed by atoms with E-state index in [2.05, 4.69) is 0 Å². The Morgan fingerprint density at radius 3 is 2.12 bits per heavy atom. The third-order valence-electron chi connectivity index (χ3n) is 1.61. The molecule has 0 bridgehead atoms. The van der Waals surface area contributed by atoms with Crippen molar-refractivity contribution in [2.45, 2.75) is 18.7 Å². The van der Waals surface area contributed by atoms with Gasteiger partial charge in [-0.15, -0.1) is 0 Å². The minimum atomic E-state index is -3.08. The van der Waals surface area contributed by atoms with Gasteiger partial charge >= 0.3 is 6.80 Å². The molecule has 0 unspecified atom stereocenters. The Morgan fingerprint density at radius 1 is 1.19 bits per heavy atom. The van der Waals surface area contributed by atoms with E-state index in [0.29, 0.717) is 18.2 Å². The van der Waals surface area contributed by atoms with Crippen LogP contribution in [0.4, 0.5) is 0 Å². The second-order valence-electron chi connectivity index (χ2n) is 2.83. The van der Waals surface area contributed by atoms with E-state index in [-0.39, 0.29) is 0 Å². The van der Waals surface area contributed by atoms with Gasteiger partial charge in [-0.3, -0.25) is 0 Å². The SMILES string of the molecule is CCOP(=O)(OCC)Sc1ccc(Cl)cc1. The summed E-state index contributed by atoms with van der Waals surface area (Å²) in [5.41, 5.74) is 0. The molecule has 1 aromatic carbocycles. The highest BCUT2D eigenvalue weighted by Gasteiger charge is 2.25. The first-order chi connectivity index (χ1) is 7.59. The predicted molar refractivity (Wildman–Crippen MR) is 68.2 cm³/mol. The molecule has 0 aliphatic carbocycles. The van der Waals surface area contributed by atoms with Crippen molar-refractivity contribution in [1.82, 2.24) is 0 Å². The maximum Gasteiger partial charge on any atom is 0.393 e. The van der Waals surface area contributed by atoms with Crippen molar-refractivity contribution in [1.29, 1.82) is 0 Å². The van der Waals surface area contributed by atoms with E-state index < -0.39 is 6.80 Å². The normalized spacial score (nSPS) is 11.7. The molecule has 0 amide bonds. The Morgan fingerprint density at radius 2 is 1.69 bits per heavy atom. The van der Waals surface area contributed by atoms with Crippen LogP contribution in [0.15, 0.2) is 29.2 Å². The summed E-state index contributed by atoms with van der Waals surface area (Å²) in [6, 6.07) is 7.06. The van der Waals surface area contributed by atoms with E-state index in [1.54, 1.807) is 38.1 Å². The maximum atomic E-state index is 12.2. The number of halogens is 1. The van der Waals surface area contributed by atoms with Gasteiger partial charge in [-0.25, -0.2) is 4.57 Å². The minimum Gasteiger partial charge on any atom is -0.301 e. The van der Waals surface area contributed by atoms with Crippen molar-refractivity contribution >= 4 is 29.8 Å².